The summed E-state index contributed by atoms with van der Waals surface area (Å²) in [6, 6.07) is 7.99. The van der Waals surface area contributed by atoms with Crippen LogP contribution in [0.15, 0.2) is 28.8 Å². The first-order valence-electron chi connectivity index (χ1n) is 10.5. The molecule has 2 aliphatic heterocycles. The molecule has 9 heteroatoms. The van der Waals surface area contributed by atoms with Gasteiger partial charge in [-0.05, 0) is 37.1 Å². The zero-order valence-corrected chi connectivity index (χ0v) is 17.4. The number of morpholine rings is 1. The van der Waals surface area contributed by atoms with Crippen molar-refractivity contribution in [1.29, 1.82) is 0 Å². The Morgan fingerprint density at radius 2 is 2.03 bits per heavy atom. The number of piperidine rings is 1. The fourth-order valence-electron chi connectivity index (χ4n) is 3.87. The summed E-state index contributed by atoms with van der Waals surface area (Å²) in [5, 5.41) is 7.19. The Morgan fingerprint density at radius 3 is 2.80 bits per heavy atom. The normalized spacial score (nSPS) is 20.2. The average molecular weight is 415 g/mol. The minimum absolute atomic E-state index is 0.0697. The van der Waals surface area contributed by atoms with Crippen LogP contribution < -0.4 is 15.0 Å². The molecule has 2 saturated heterocycles. The van der Waals surface area contributed by atoms with Gasteiger partial charge in [0.1, 0.15) is 5.75 Å². The number of nitrogens with one attached hydrogen (secondary N) is 1. The maximum absolute atomic E-state index is 12.6. The lowest BCUT2D eigenvalue weighted by atomic mass is 9.97. The highest BCUT2D eigenvalue weighted by atomic mass is 16.5. The van der Waals surface area contributed by atoms with Crippen LogP contribution in [-0.2, 0) is 9.53 Å². The number of hydrogen-bond donors (Lipinski definition) is 1. The van der Waals surface area contributed by atoms with Gasteiger partial charge in [0.2, 0.25) is 11.7 Å². The van der Waals surface area contributed by atoms with Gasteiger partial charge in [-0.2, -0.15) is 4.98 Å². The van der Waals surface area contributed by atoms with Crippen LogP contribution in [0.4, 0.5) is 6.01 Å². The summed E-state index contributed by atoms with van der Waals surface area (Å²) in [7, 11) is 1.63. The summed E-state index contributed by atoms with van der Waals surface area (Å²) in [6.45, 7) is 6.33. The van der Waals surface area contributed by atoms with E-state index in [9.17, 15) is 4.79 Å². The Balaban J connectivity index is 1.30. The number of hydrogen-bond acceptors (Lipinski definition) is 8. The number of nitrogens with zero attached hydrogens (tertiary/aromatic N) is 4. The SMILES string of the molecule is COc1ccc(-c2noc(N3CCCC(C(=O)NCCN4CCOCC4)C3)n2)cc1. The highest BCUT2D eigenvalue weighted by Gasteiger charge is 2.28. The first-order chi connectivity index (χ1) is 14.7. The zero-order chi connectivity index (χ0) is 20.8. The molecule has 0 spiro atoms. The Labute approximate surface area is 176 Å². The number of carbonyl (C=O) groups excluding carboxylic acids is 1. The molecule has 1 aromatic carbocycles. The minimum Gasteiger partial charge on any atom is -0.497 e. The maximum Gasteiger partial charge on any atom is 0.324 e. The van der Waals surface area contributed by atoms with E-state index in [2.05, 4.69) is 20.4 Å². The van der Waals surface area contributed by atoms with Gasteiger partial charge in [0.25, 0.3) is 0 Å². The van der Waals surface area contributed by atoms with Crippen molar-refractivity contribution in [2.45, 2.75) is 12.8 Å². The van der Waals surface area contributed by atoms with E-state index in [-0.39, 0.29) is 11.8 Å². The lowest BCUT2D eigenvalue weighted by molar-refractivity contribution is -0.125. The Bertz CT molecular complexity index is 819. The van der Waals surface area contributed by atoms with Gasteiger partial charge >= 0.3 is 6.01 Å². The van der Waals surface area contributed by atoms with Crippen molar-refractivity contribution in [3.8, 4) is 17.1 Å². The van der Waals surface area contributed by atoms with Crippen LogP contribution >= 0.6 is 0 Å². The summed E-state index contributed by atoms with van der Waals surface area (Å²) in [5.74, 6) is 1.34. The van der Waals surface area contributed by atoms with E-state index in [1.807, 2.05) is 29.2 Å². The number of benzene rings is 1. The van der Waals surface area contributed by atoms with Gasteiger partial charge < -0.3 is 24.2 Å². The zero-order valence-electron chi connectivity index (χ0n) is 17.4. The number of rotatable bonds is 7. The van der Waals surface area contributed by atoms with Gasteiger partial charge in [0.05, 0.1) is 26.2 Å². The topological polar surface area (TPSA) is 93.0 Å². The first kappa shape index (κ1) is 20.6. The minimum atomic E-state index is -0.0697. The van der Waals surface area contributed by atoms with Gasteiger partial charge in [0, 0.05) is 44.8 Å². The van der Waals surface area contributed by atoms with E-state index < -0.39 is 0 Å². The average Bonchev–Trinajstić information content (AvgIpc) is 3.30. The van der Waals surface area contributed by atoms with Crippen molar-refractivity contribution < 1.29 is 18.8 Å². The lowest BCUT2D eigenvalue weighted by Crippen LogP contribution is -2.46. The molecule has 0 aliphatic carbocycles. The van der Waals surface area contributed by atoms with Crippen LogP contribution in [0.2, 0.25) is 0 Å². The van der Waals surface area contributed by atoms with E-state index >= 15 is 0 Å². The number of carbonyl (C=O) groups is 1. The van der Waals surface area contributed by atoms with Crippen LogP contribution in [0, 0.1) is 5.92 Å². The molecule has 3 heterocycles. The standard InChI is InChI=1S/C21H29N5O4/c1-28-18-6-4-16(5-7-18)19-23-21(30-24-19)26-9-2-3-17(15-26)20(27)22-8-10-25-11-13-29-14-12-25/h4-7,17H,2-3,8-15H2,1H3,(H,22,27). The highest BCUT2D eigenvalue weighted by Crippen LogP contribution is 2.25. The van der Waals surface area contributed by atoms with Crippen molar-refractivity contribution in [2.75, 3.05) is 64.5 Å². The smallest absolute Gasteiger partial charge is 0.324 e. The van der Waals surface area contributed by atoms with Crippen LogP contribution in [0.1, 0.15) is 12.8 Å². The molecular weight excluding hydrogens is 386 g/mol. The molecule has 2 aromatic rings. The van der Waals surface area contributed by atoms with Crippen molar-refractivity contribution in [3.05, 3.63) is 24.3 Å². The Kier molecular flexibility index (Phi) is 6.81. The van der Waals surface area contributed by atoms with Crippen LogP contribution in [0.3, 0.4) is 0 Å². The molecule has 1 unspecified atom stereocenters. The third kappa shape index (κ3) is 5.09. The van der Waals surface area contributed by atoms with E-state index in [1.54, 1.807) is 7.11 Å². The number of methoxy groups -OCH3 is 1. The molecule has 0 radical (unpaired) electrons. The summed E-state index contributed by atoms with van der Waals surface area (Å²) < 4.78 is 16.0. The summed E-state index contributed by atoms with van der Waals surface area (Å²) in [6.07, 6.45) is 1.79. The predicted octanol–water partition coefficient (Wildman–Crippen LogP) is 1.41. The molecule has 0 saturated carbocycles. The third-order valence-corrected chi connectivity index (χ3v) is 5.66. The van der Waals surface area contributed by atoms with Crippen LogP contribution in [-0.4, -0.2) is 80.5 Å². The van der Waals surface area contributed by atoms with Crippen molar-refractivity contribution in [3.63, 3.8) is 0 Å². The first-order valence-corrected chi connectivity index (χ1v) is 10.5. The molecule has 4 rings (SSSR count). The van der Waals surface area contributed by atoms with Gasteiger partial charge in [-0.1, -0.05) is 5.16 Å². The second-order valence-electron chi connectivity index (χ2n) is 7.66. The van der Waals surface area contributed by atoms with Crippen molar-refractivity contribution >= 4 is 11.9 Å². The molecule has 1 N–H and O–H groups in total. The van der Waals surface area contributed by atoms with E-state index in [4.69, 9.17) is 14.0 Å². The summed E-state index contributed by atoms with van der Waals surface area (Å²) >= 11 is 0. The maximum atomic E-state index is 12.6. The molecule has 1 aromatic heterocycles. The molecule has 1 amide bonds. The number of aromatic nitrogens is 2. The molecule has 0 bridgehead atoms. The van der Waals surface area contributed by atoms with Gasteiger partial charge in [-0.3, -0.25) is 9.69 Å². The monoisotopic (exact) mass is 415 g/mol. The second kappa shape index (κ2) is 9.90. The number of anilines is 1. The van der Waals surface area contributed by atoms with Crippen LogP contribution in [0.5, 0.6) is 5.75 Å². The molecule has 1 atom stereocenters. The summed E-state index contributed by atoms with van der Waals surface area (Å²) in [5.41, 5.74) is 0.861. The Hall–Kier alpha value is -2.65. The molecular formula is C21H29N5O4. The van der Waals surface area contributed by atoms with Crippen molar-refractivity contribution in [2.24, 2.45) is 5.92 Å². The quantitative estimate of drug-likeness (QED) is 0.726. The second-order valence-corrected chi connectivity index (χ2v) is 7.66. The Morgan fingerprint density at radius 1 is 1.23 bits per heavy atom. The van der Waals surface area contributed by atoms with Crippen molar-refractivity contribution in [1.82, 2.24) is 20.4 Å². The lowest BCUT2D eigenvalue weighted by Gasteiger charge is -2.31. The fourth-order valence-corrected chi connectivity index (χ4v) is 3.87. The summed E-state index contributed by atoms with van der Waals surface area (Å²) in [4.78, 5) is 21.5. The predicted molar refractivity (Wildman–Crippen MR) is 111 cm³/mol. The van der Waals surface area contributed by atoms with Gasteiger partial charge in [0.15, 0.2) is 0 Å². The molecule has 162 valence electrons. The van der Waals surface area contributed by atoms with Gasteiger partial charge in [-0.25, -0.2) is 0 Å². The fraction of sp³-hybridized carbons (Fsp3) is 0.571. The number of amides is 1. The third-order valence-electron chi connectivity index (χ3n) is 5.66. The van der Waals surface area contributed by atoms with E-state index in [0.717, 1.165) is 63.5 Å². The van der Waals surface area contributed by atoms with Crippen LogP contribution in [0.25, 0.3) is 11.4 Å². The molecule has 2 fully saturated rings. The van der Waals surface area contributed by atoms with E-state index in [0.29, 0.717) is 24.9 Å². The molecule has 2 aliphatic rings. The highest BCUT2D eigenvalue weighted by molar-refractivity contribution is 5.79. The molecule has 9 nitrogen and oxygen atoms in total. The van der Waals surface area contributed by atoms with Gasteiger partial charge in [-0.15, -0.1) is 0 Å². The molecule has 30 heavy (non-hydrogen) atoms. The largest absolute Gasteiger partial charge is 0.497 e. The number of ether oxygens (including phenoxy) is 2. The van der Waals surface area contributed by atoms with E-state index in [1.165, 1.54) is 0 Å².